The maximum Gasteiger partial charge on any atom is 0.312 e. The summed E-state index contributed by atoms with van der Waals surface area (Å²) in [7, 11) is -1.38. The van der Waals surface area contributed by atoms with E-state index in [0.717, 1.165) is 18.4 Å². The highest BCUT2D eigenvalue weighted by Crippen LogP contribution is 2.46. The molecule has 4 nitrogen and oxygen atoms in total. The topological polar surface area (TPSA) is 63.6 Å². The third kappa shape index (κ3) is 4.37. The van der Waals surface area contributed by atoms with Gasteiger partial charge in [-0.25, -0.2) is 0 Å². The molecule has 5 heteroatoms. The molecule has 26 heavy (non-hydrogen) atoms. The predicted octanol–water partition coefficient (Wildman–Crippen LogP) is 4.00. The fraction of sp³-hybridized carbons (Fsp3) is 0.667. The minimum atomic E-state index is -1.38. The molecular formula is C21H32O4S. The van der Waals surface area contributed by atoms with Gasteiger partial charge in [0.2, 0.25) is 0 Å². The van der Waals surface area contributed by atoms with Crippen LogP contribution in [0.1, 0.15) is 58.9 Å². The molecule has 1 N–H and O–H groups in total. The highest BCUT2D eigenvalue weighted by Gasteiger charge is 2.55. The Morgan fingerprint density at radius 1 is 1.31 bits per heavy atom. The molecule has 0 amide bonds. The van der Waals surface area contributed by atoms with E-state index < -0.39 is 39.0 Å². The van der Waals surface area contributed by atoms with Crippen molar-refractivity contribution in [3.05, 3.63) is 29.8 Å². The van der Waals surface area contributed by atoms with E-state index in [2.05, 4.69) is 0 Å². The van der Waals surface area contributed by atoms with Gasteiger partial charge in [0.15, 0.2) is 0 Å². The number of hydrogen-bond acceptors (Lipinski definition) is 4. The zero-order valence-electron chi connectivity index (χ0n) is 16.6. The third-order valence-corrected chi connectivity index (χ3v) is 7.15. The van der Waals surface area contributed by atoms with Crippen molar-refractivity contribution in [1.82, 2.24) is 0 Å². The monoisotopic (exact) mass is 380 g/mol. The van der Waals surface area contributed by atoms with Gasteiger partial charge >= 0.3 is 5.97 Å². The van der Waals surface area contributed by atoms with E-state index in [-0.39, 0.29) is 6.61 Å². The first-order valence-electron chi connectivity index (χ1n) is 9.47. The molecule has 1 fully saturated rings. The fourth-order valence-electron chi connectivity index (χ4n) is 4.14. The predicted molar refractivity (Wildman–Crippen MR) is 104 cm³/mol. The summed E-state index contributed by atoms with van der Waals surface area (Å²) in [6.07, 6.45) is 2.84. The molecule has 0 bridgehead atoms. The Hall–Kier alpha value is -1.20. The molecule has 1 aromatic carbocycles. The quantitative estimate of drug-likeness (QED) is 0.784. The van der Waals surface area contributed by atoms with Gasteiger partial charge < -0.3 is 9.84 Å². The number of aliphatic hydroxyl groups is 1. The highest BCUT2D eigenvalue weighted by molar-refractivity contribution is 7.85. The van der Waals surface area contributed by atoms with Gasteiger partial charge in [0.25, 0.3) is 0 Å². The first kappa shape index (κ1) is 21.1. The summed E-state index contributed by atoms with van der Waals surface area (Å²) >= 11 is 0. The second-order valence-corrected chi connectivity index (χ2v) is 10.0. The van der Waals surface area contributed by atoms with E-state index in [1.165, 1.54) is 0 Å². The van der Waals surface area contributed by atoms with E-state index in [4.69, 9.17) is 4.74 Å². The molecule has 1 aromatic rings. The van der Waals surface area contributed by atoms with E-state index >= 15 is 0 Å². The molecule has 1 saturated carbocycles. The minimum Gasteiger partial charge on any atom is -0.466 e. The van der Waals surface area contributed by atoms with Crippen LogP contribution in [0.5, 0.6) is 0 Å². The summed E-state index contributed by atoms with van der Waals surface area (Å²) in [6.45, 7) is 9.84. The summed E-state index contributed by atoms with van der Waals surface area (Å²) in [5, 5.41) is 11.2. The average molecular weight is 381 g/mol. The molecule has 0 aromatic heterocycles. The van der Waals surface area contributed by atoms with E-state index in [1.807, 2.05) is 52.0 Å². The third-order valence-electron chi connectivity index (χ3n) is 5.25. The molecule has 0 spiro atoms. The second-order valence-electron chi connectivity index (χ2n) is 8.39. The van der Waals surface area contributed by atoms with Crippen LogP contribution in [0.3, 0.4) is 0 Å². The van der Waals surface area contributed by atoms with Crippen LogP contribution in [-0.4, -0.2) is 32.7 Å². The number of hydrogen-bond donors (Lipinski definition) is 1. The lowest BCUT2D eigenvalue weighted by molar-refractivity contribution is -0.170. The maximum atomic E-state index is 13.3. The minimum absolute atomic E-state index is 0.271. The van der Waals surface area contributed by atoms with E-state index in [9.17, 15) is 14.1 Å². The second kappa shape index (κ2) is 8.22. The molecule has 146 valence electrons. The van der Waals surface area contributed by atoms with Crippen LogP contribution in [0.15, 0.2) is 29.2 Å². The van der Waals surface area contributed by atoms with Crippen molar-refractivity contribution in [3.63, 3.8) is 0 Å². The van der Waals surface area contributed by atoms with Crippen molar-refractivity contribution in [2.75, 3.05) is 6.61 Å². The van der Waals surface area contributed by atoms with Crippen molar-refractivity contribution in [1.29, 1.82) is 0 Å². The number of ether oxygens (including phenoxy) is 1. The van der Waals surface area contributed by atoms with Gasteiger partial charge in [-0.3, -0.25) is 9.00 Å². The van der Waals surface area contributed by atoms with Crippen molar-refractivity contribution in [2.45, 2.75) is 76.0 Å². The fourth-order valence-corrected chi connectivity index (χ4v) is 5.88. The Bertz CT molecular complexity index is 647. The highest BCUT2D eigenvalue weighted by atomic mass is 32.2. The summed E-state index contributed by atoms with van der Waals surface area (Å²) < 4.78 is 18.6. The maximum absolute atomic E-state index is 13.3. The van der Waals surface area contributed by atoms with Crippen LogP contribution < -0.4 is 0 Å². The van der Waals surface area contributed by atoms with Gasteiger partial charge in [-0.1, -0.05) is 51.3 Å². The smallest absolute Gasteiger partial charge is 0.312 e. The number of carbonyl (C=O) groups excluding carboxylic acids is 1. The average Bonchev–Trinajstić information content (AvgIpc) is 2.54. The van der Waals surface area contributed by atoms with Crippen LogP contribution in [0.25, 0.3) is 0 Å². The lowest BCUT2D eigenvalue weighted by Crippen LogP contribution is -2.59. The molecule has 0 aliphatic heterocycles. The zero-order valence-corrected chi connectivity index (χ0v) is 17.4. The van der Waals surface area contributed by atoms with Crippen LogP contribution >= 0.6 is 0 Å². The molecule has 0 heterocycles. The molecule has 1 aliphatic carbocycles. The van der Waals surface area contributed by atoms with Crippen LogP contribution in [-0.2, 0) is 20.3 Å². The molecule has 0 saturated heterocycles. The van der Waals surface area contributed by atoms with Crippen molar-refractivity contribution in [3.8, 4) is 0 Å². The zero-order chi connectivity index (χ0) is 19.5. The summed E-state index contributed by atoms with van der Waals surface area (Å²) in [6, 6.07) is 7.58. The molecule has 2 rings (SSSR count). The SMILES string of the molecule is CCOC(=O)[C@@H](C(C)(C)C)[C@@]1(O)CCCC[C@@H]1[S@@](=O)c1ccc(C)cc1. The van der Waals surface area contributed by atoms with Crippen LogP contribution in [0, 0.1) is 18.3 Å². The van der Waals surface area contributed by atoms with Gasteiger partial charge in [-0.15, -0.1) is 0 Å². The summed E-state index contributed by atoms with van der Waals surface area (Å²) in [5.41, 5.74) is -0.726. The standard InChI is InChI=1S/C21H32O4S/c1-6-25-19(22)18(20(3,4)5)21(23)14-8-7-9-17(21)26(24)16-12-10-15(2)11-13-16/h10-13,17-18,23H,6-9,14H2,1-5H3/t17-,18-,21+,26-/m0/s1. The Morgan fingerprint density at radius 2 is 1.92 bits per heavy atom. The van der Waals surface area contributed by atoms with Gasteiger partial charge in [0, 0.05) is 4.90 Å². The molecule has 4 atom stereocenters. The van der Waals surface area contributed by atoms with E-state index in [1.54, 1.807) is 6.92 Å². The first-order valence-corrected chi connectivity index (χ1v) is 10.7. The Morgan fingerprint density at radius 3 is 2.46 bits per heavy atom. The molecule has 0 unspecified atom stereocenters. The number of carbonyl (C=O) groups is 1. The Labute approximate surface area is 159 Å². The summed E-state index contributed by atoms with van der Waals surface area (Å²) in [4.78, 5) is 13.5. The lowest BCUT2D eigenvalue weighted by atomic mass is 9.65. The number of aryl methyl sites for hydroxylation is 1. The lowest BCUT2D eigenvalue weighted by Gasteiger charge is -2.48. The normalized spacial score (nSPS) is 26.2. The Kier molecular flexibility index (Phi) is 6.67. The largest absolute Gasteiger partial charge is 0.466 e. The van der Waals surface area contributed by atoms with Gasteiger partial charge in [0.1, 0.15) is 0 Å². The Balaban J connectivity index is 2.44. The molecular weight excluding hydrogens is 348 g/mol. The van der Waals surface area contributed by atoms with Crippen molar-refractivity contribution < 1.29 is 18.8 Å². The van der Waals surface area contributed by atoms with Gasteiger partial charge in [-0.2, -0.15) is 0 Å². The first-order chi connectivity index (χ1) is 12.1. The number of esters is 1. The van der Waals surface area contributed by atoms with Crippen molar-refractivity contribution >= 4 is 16.8 Å². The van der Waals surface area contributed by atoms with Gasteiger partial charge in [0.05, 0.1) is 34.2 Å². The van der Waals surface area contributed by atoms with Crippen LogP contribution in [0.2, 0.25) is 0 Å². The van der Waals surface area contributed by atoms with Crippen molar-refractivity contribution in [2.24, 2.45) is 11.3 Å². The van der Waals surface area contributed by atoms with Crippen LogP contribution in [0.4, 0.5) is 0 Å². The molecule has 1 aliphatic rings. The molecule has 0 radical (unpaired) electrons. The van der Waals surface area contributed by atoms with E-state index in [0.29, 0.717) is 17.7 Å². The van der Waals surface area contributed by atoms with Gasteiger partial charge in [-0.05, 0) is 44.2 Å². The number of benzene rings is 1. The summed E-state index contributed by atoms with van der Waals surface area (Å²) in [5.74, 6) is -1.11. The number of rotatable bonds is 5.